The Hall–Kier alpha value is -1.30. The van der Waals surface area contributed by atoms with Gasteiger partial charge in [0, 0.05) is 17.5 Å². The zero-order valence-electron chi connectivity index (χ0n) is 10.1. The molecule has 0 bridgehead atoms. The monoisotopic (exact) mass is 270 g/mol. The van der Waals surface area contributed by atoms with Crippen LogP contribution in [0.15, 0.2) is 12.1 Å². The second-order valence-corrected chi connectivity index (χ2v) is 7.17. The molecule has 3 rings (SSSR count). The highest BCUT2D eigenvalue weighted by Crippen LogP contribution is 2.55. The van der Waals surface area contributed by atoms with Crippen LogP contribution in [0.25, 0.3) is 0 Å². The van der Waals surface area contributed by atoms with Gasteiger partial charge in [-0.3, -0.25) is 4.31 Å². The fraction of sp³-hybridized carbons (Fsp3) is 0.500. The van der Waals surface area contributed by atoms with Crippen LogP contribution in [0.4, 0.5) is 15.8 Å². The van der Waals surface area contributed by atoms with E-state index in [1.807, 2.05) is 0 Å². The second kappa shape index (κ2) is 3.38. The first kappa shape index (κ1) is 11.8. The van der Waals surface area contributed by atoms with E-state index in [4.69, 9.17) is 5.73 Å². The Bertz CT molecular complexity index is 623. The van der Waals surface area contributed by atoms with Crippen molar-refractivity contribution in [3.63, 3.8) is 0 Å². The third kappa shape index (κ3) is 1.38. The number of nitrogen functional groups attached to an aromatic ring is 1. The molecular weight excluding hydrogens is 255 g/mol. The minimum atomic E-state index is -3.42. The summed E-state index contributed by atoms with van der Waals surface area (Å²) in [5.41, 5.74) is 6.70. The van der Waals surface area contributed by atoms with Crippen LogP contribution in [-0.2, 0) is 15.4 Å². The van der Waals surface area contributed by atoms with Crippen molar-refractivity contribution in [2.24, 2.45) is 0 Å². The van der Waals surface area contributed by atoms with Crippen molar-refractivity contribution in [2.75, 3.05) is 22.8 Å². The van der Waals surface area contributed by atoms with E-state index >= 15 is 0 Å². The smallest absolute Gasteiger partial charge is 0.232 e. The molecular formula is C12H15FN2O2S. The molecule has 0 saturated heterocycles. The number of sulfonamides is 1. The van der Waals surface area contributed by atoms with E-state index < -0.39 is 10.0 Å². The Balaban J connectivity index is 2.28. The molecule has 0 unspecified atom stereocenters. The van der Waals surface area contributed by atoms with Crippen molar-refractivity contribution in [3.05, 3.63) is 23.5 Å². The molecule has 1 spiro atoms. The Morgan fingerprint density at radius 1 is 1.39 bits per heavy atom. The lowest BCUT2D eigenvalue weighted by Gasteiger charge is -2.38. The number of rotatable bonds is 1. The highest BCUT2D eigenvalue weighted by Gasteiger charge is 2.51. The van der Waals surface area contributed by atoms with Gasteiger partial charge in [-0.15, -0.1) is 0 Å². The lowest BCUT2D eigenvalue weighted by atomic mass is 9.65. The van der Waals surface area contributed by atoms with Gasteiger partial charge in [0.25, 0.3) is 0 Å². The number of halogens is 1. The van der Waals surface area contributed by atoms with Gasteiger partial charge in [0.05, 0.1) is 17.6 Å². The maximum Gasteiger partial charge on any atom is 0.232 e. The summed E-state index contributed by atoms with van der Waals surface area (Å²) < 4.78 is 39.0. The molecule has 6 heteroatoms. The van der Waals surface area contributed by atoms with Crippen molar-refractivity contribution in [1.82, 2.24) is 0 Å². The summed E-state index contributed by atoms with van der Waals surface area (Å²) in [5.74, 6) is -0.343. The van der Waals surface area contributed by atoms with Crippen molar-refractivity contribution in [1.29, 1.82) is 0 Å². The summed E-state index contributed by atoms with van der Waals surface area (Å²) in [4.78, 5) is 0. The number of fused-ring (bicyclic) bond motifs is 2. The van der Waals surface area contributed by atoms with E-state index in [-0.39, 0.29) is 11.2 Å². The van der Waals surface area contributed by atoms with E-state index in [0.29, 0.717) is 23.5 Å². The molecule has 1 aliphatic heterocycles. The fourth-order valence-electron chi connectivity index (χ4n) is 3.08. The van der Waals surface area contributed by atoms with Crippen molar-refractivity contribution < 1.29 is 12.8 Å². The lowest BCUT2D eigenvalue weighted by molar-refractivity contribution is 0.260. The first-order chi connectivity index (χ1) is 8.35. The van der Waals surface area contributed by atoms with E-state index in [0.717, 1.165) is 25.5 Å². The number of anilines is 2. The molecule has 1 aliphatic carbocycles. The van der Waals surface area contributed by atoms with Gasteiger partial charge < -0.3 is 5.73 Å². The standard InChI is InChI=1S/C12H15FN2O2S/c1-18(16,17)15-7-12(5-2-6-12)10-8(13)3-4-9(14)11(10)15/h3-4H,2,5-7,14H2,1H3. The van der Waals surface area contributed by atoms with Crippen LogP contribution >= 0.6 is 0 Å². The number of hydrogen-bond donors (Lipinski definition) is 1. The third-order valence-electron chi connectivity index (χ3n) is 4.10. The summed E-state index contributed by atoms with van der Waals surface area (Å²) >= 11 is 0. The van der Waals surface area contributed by atoms with Crippen LogP contribution < -0.4 is 10.0 Å². The molecule has 0 aromatic heterocycles. The molecule has 0 radical (unpaired) electrons. The molecule has 4 nitrogen and oxygen atoms in total. The molecule has 0 amide bonds. The molecule has 98 valence electrons. The first-order valence-electron chi connectivity index (χ1n) is 5.91. The molecule has 1 saturated carbocycles. The molecule has 18 heavy (non-hydrogen) atoms. The normalized spacial score (nSPS) is 20.9. The number of nitrogens with two attached hydrogens (primary N) is 1. The third-order valence-corrected chi connectivity index (χ3v) is 5.21. The molecule has 1 heterocycles. The molecule has 0 atom stereocenters. The van der Waals surface area contributed by atoms with Gasteiger partial charge in [0.15, 0.2) is 0 Å². The first-order valence-corrected chi connectivity index (χ1v) is 7.76. The van der Waals surface area contributed by atoms with Crippen LogP contribution in [0.2, 0.25) is 0 Å². The van der Waals surface area contributed by atoms with E-state index in [2.05, 4.69) is 0 Å². The van der Waals surface area contributed by atoms with E-state index in [9.17, 15) is 12.8 Å². The zero-order chi connectivity index (χ0) is 13.1. The van der Waals surface area contributed by atoms with E-state index in [1.54, 1.807) is 0 Å². The van der Waals surface area contributed by atoms with Crippen molar-refractivity contribution >= 4 is 21.4 Å². The number of benzene rings is 1. The summed E-state index contributed by atoms with van der Waals surface area (Å²) in [6.07, 6.45) is 3.79. The number of nitrogens with zero attached hydrogens (tertiary/aromatic N) is 1. The Morgan fingerprint density at radius 2 is 2.06 bits per heavy atom. The number of hydrogen-bond acceptors (Lipinski definition) is 3. The molecule has 2 N–H and O–H groups in total. The van der Waals surface area contributed by atoms with Gasteiger partial charge in [0.1, 0.15) is 5.82 Å². The predicted molar refractivity (Wildman–Crippen MR) is 68.5 cm³/mol. The lowest BCUT2D eigenvalue weighted by Crippen LogP contribution is -2.41. The molecule has 1 fully saturated rings. The average molecular weight is 270 g/mol. The topological polar surface area (TPSA) is 63.4 Å². The predicted octanol–water partition coefficient (Wildman–Crippen LogP) is 1.61. The van der Waals surface area contributed by atoms with Gasteiger partial charge in [-0.1, -0.05) is 6.42 Å². The quantitative estimate of drug-likeness (QED) is 0.789. The minimum Gasteiger partial charge on any atom is -0.397 e. The van der Waals surface area contributed by atoms with Crippen LogP contribution in [-0.4, -0.2) is 21.2 Å². The highest BCUT2D eigenvalue weighted by atomic mass is 32.2. The minimum absolute atomic E-state index is 0.326. The van der Waals surface area contributed by atoms with Crippen molar-refractivity contribution in [3.8, 4) is 0 Å². The van der Waals surface area contributed by atoms with Gasteiger partial charge in [-0.05, 0) is 25.0 Å². The van der Waals surface area contributed by atoms with Gasteiger partial charge in [-0.25, -0.2) is 12.8 Å². The zero-order valence-corrected chi connectivity index (χ0v) is 10.9. The summed E-state index contributed by atoms with van der Waals surface area (Å²) in [6, 6.07) is 2.77. The van der Waals surface area contributed by atoms with Gasteiger partial charge in [0.2, 0.25) is 10.0 Å². The highest BCUT2D eigenvalue weighted by molar-refractivity contribution is 7.92. The summed E-state index contributed by atoms with van der Waals surface area (Å²) in [5, 5.41) is 0. The maximum absolute atomic E-state index is 14.1. The SMILES string of the molecule is CS(=O)(=O)N1CC2(CCC2)c2c(F)ccc(N)c21. The van der Waals surface area contributed by atoms with Crippen LogP contribution in [0.5, 0.6) is 0 Å². The average Bonchev–Trinajstić information content (AvgIpc) is 2.59. The molecule has 1 aromatic carbocycles. The van der Waals surface area contributed by atoms with Crippen molar-refractivity contribution in [2.45, 2.75) is 24.7 Å². The van der Waals surface area contributed by atoms with Crippen LogP contribution in [0.1, 0.15) is 24.8 Å². The van der Waals surface area contributed by atoms with Crippen LogP contribution in [0, 0.1) is 5.82 Å². The van der Waals surface area contributed by atoms with Gasteiger partial charge in [-0.2, -0.15) is 0 Å². The summed E-state index contributed by atoms with van der Waals surface area (Å²) in [7, 11) is -3.42. The Labute approximate surface area is 106 Å². The Kier molecular flexibility index (Phi) is 2.21. The summed E-state index contributed by atoms with van der Waals surface area (Å²) in [6.45, 7) is 0.326. The maximum atomic E-state index is 14.1. The van der Waals surface area contributed by atoms with Gasteiger partial charge >= 0.3 is 0 Å². The van der Waals surface area contributed by atoms with E-state index in [1.165, 1.54) is 16.4 Å². The molecule has 1 aromatic rings. The largest absolute Gasteiger partial charge is 0.397 e. The second-order valence-electron chi connectivity index (χ2n) is 5.26. The fourth-order valence-corrected chi connectivity index (χ4v) is 4.09. The molecule has 2 aliphatic rings. The van der Waals surface area contributed by atoms with Crippen LogP contribution in [0.3, 0.4) is 0 Å². The Morgan fingerprint density at radius 3 is 2.56 bits per heavy atom.